The maximum atomic E-state index is 13.7. The van der Waals surface area contributed by atoms with Crippen molar-refractivity contribution in [1.29, 1.82) is 0 Å². The van der Waals surface area contributed by atoms with Crippen molar-refractivity contribution in [2.75, 3.05) is 17.7 Å². The molecule has 5 nitrogen and oxygen atoms in total. The summed E-state index contributed by atoms with van der Waals surface area (Å²) in [6.45, 7) is 0. The van der Waals surface area contributed by atoms with Crippen molar-refractivity contribution in [3.05, 3.63) is 65.1 Å². The van der Waals surface area contributed by atoms with Crippen LogP contribution in [0.4, 0.5) is 36.3 Å². The molecule has 0 atom stereocenters. The molecule has 0 saturated carbocycles. The molecular weight excluding hydrogens is 369 g/mol. The lowest BCUT2D eigenvalue weighted by molar-refractivity contribution is 0.415. The minimum absolute atomic E-state index is 0.000447. The van der Waals surface area contributed by atoms with Gasteiger partial charge in [-0.25, -0.2) is 18.2 Å². The summed E-state index contributed by atoms with van der Waals surface area (Å²) in [5, 5.41) is 5.92. The van der Waals surface area contributed by atoms with Crippen LogP contribution in [-0.4, -0.2) is 17.1 Å². The molecule has 0 fully saturated rings. The van der Waals surface area contributed by atoms with E-state index in [4.69, 9.17) is 16.3 Å². The van der Waals surface area contributed by atoms with Gasteiger partial charge in [-0.15, -0.1) is 0 Å². The van der Waals surface area contributed by atoms with Gasteiger partial charge in [0.25, 0.3) is 0 Å². The van der Waals surface area contributed by atoms with E-state index in [1.54, 1.807) is 24.3 Å². The third kappa shape index (κ3) is 3.80. The second-order valence-electron chi connectivity index (χ2n) is 5.09. The van der Waals surface area contributed by atoms with Gasteiger partial charge < -0.3 is 15.4 Å². The van der Waals surface area contributed by atoms with Gasteiger partial charge >= 0.3 is 0 Å². The molecule has 0 radical (unpaired) electrons. The number of halogens is 4. The average Bonchev–Trinajstić information content (AvgIpc) is 2.63. The Morgan fingerprint density at radius 3 is 2.54 bits per heavy atom. The van der Waals surface area contributed by atoms with E-state index in [9.17, 15) is 13.2 Å². The predicted octanol–water partition coefficient (Wildman–Crippen LogP) is 5.04. The van der Waals surface area contributed by atoms with Gasteiger partial charge in [0.15, 0.2) is 17.5 Å². The molecule has 134 valence electrons. The molecule has 0 bridgehead atoms. The minimum Gasteiger partial charge on any atom is -0.495 e. The number of hydrogen-bond acceptors (Lipinski definition) is 5. The van der Waals surface area contributed by atoms with Gasteiger partial charge in [0.05, 0.1) is 17.8 Å². The second kappa shape index (κ2) is 7.49. The standard InChI is InChI=1S/C17H12ClF3N4O/c1-26-13-5-2-9(8-10(13)18)23-14-6-7-22-17(25-14)24-12-4-3-11(19)15(20)16(12)21/h2-8H,1H3,(H2,22,23,24,25). The van der Waals surface area contributed by atoms with Gasteiger partial charge in [-0.1, -0.05) is 11.6 Å². The van der Waals surface area contributed by atoms with Crippen molar-refractivity contribution < 1.29 is 17.9 Å². The first-order valence-corrected chi connectivity index (χ1v) is 7.70. The average molecular weight is 381 g/mol. The zero-order valence-electron chi connectivity index (χ0n) is 13.4. The van der Waals surface area contributed by atoms with Crippen molar-refractivity contribution >= 4 is 34.7 Å². The van der Waals surface area contributed by atoms with Crippen molar-refractivity contribution in [3.8, 4) is 5.75 Å². The van der Waals surface area contributed by atoms with Gasteiger partial charge in [-0.2, -0.15) is 4.98 Å². The molecule has 0 aliphatic carbocycles. The van der Waals surface area contributed by atoms with E-state index in [0.29, 0.717) is 22.3 Å². The highest BCUT2D eigenvalue weighted by molar-refractivity contribution is 6.32. The van der Waals surface area contributed by atoms with E-state index in [0.717, 1.165) is 12.1 Å². The summed E-state index contributed by atoms with van der Waals surface area (Å²) < 4.78 is 45.1. The number of methoxy groups -OCH3 is 1. The maximum Gasteiger partial charge on any atom is 0.229 e. The molecule has 3 aromatic rings. The van der Waals surface area contributed by atoms with Gasteiger partial charge in [0.1, 0.15) is 11.6 Å². The molecule has 3 rings (SSSR count). The lowest BCUT2D eigenvalue weighted by atomic mass is 10.3. The normalized spacial score (nSPS) is 10.5. The van der Waals surface area contributed by atoms with E-state index in [1.165, 1.54) is 13.3 Å². The first kappa shape index (κ1) is 17.8. The lowest BCUT2D eigenvalue weighted by Gasteiger charge is -2.10. The highest BCUT2D eigenvalue weighted by Crippen LogP contribution is 2.29. The molecule has 1 aromatic heterocycles. The van der Waals surface area contributed by atoms with Crippen LogP contribution in [0.15, 0.2) is 42.6 Å². The zero-order valence-corrected chi connectivity index (χ0v) is 14.1. The number of aromatic nitrogens is 2. The van der Waals surface area contributed by atoms with Gasteiger partial charge in [-0.05, 0) is 36.4 Å². The number of anilines is 4. The molecule has 0 aliphatic heterocycles. The Hall–Kier alpha value is -3.00. The quantitative estimate of drug-likeness (QED) is 0.607. The molecule has 0 unspecified atom stereocenters. The molecule has 0 aliphatic rings. The van der Waals surface area contributed by atoms with E-state index in [2.05, 4.69) is 20.6 Å². The Morgan fingerprint density at radius 1 is 1.00 bits per heavy atom. The van der Waals surface area contributed by atoms with Crippen molar-refractivity contribution in [2.24, 2.45) is 0 Å². The van der Waals surface area contributed by atoms with Crippen LogP contribution < -0.4 is 15.4 Å². The monoisotopic (exact) mass is 380 g/mol. The molecule has 0 spiro atoms. The molecule has 0 saturated heterocycles. The van der Waals surface area contributed by atoms with E-state index in [-0.39, 0.29) is 11.6 Å². The summed E-state index contributed by atoms with van der Waals surface area (Å²) in [7, 11) is 1.51. The van der Waals surface area contributed by atoms with Crippen molar-refractivity contribution in [1.82, 2.24) is 9.97 Å². The number of rotatable bonds is 5. The van der Waals surface area contributed by atoms with Gasteiger partial charge in [0.2, 0.25) is 5.95 Å². The van der Waals surface area contributed by atoms with E-state index >= 15 is 0 Å². The summed E-state index contributed by atoms with van der Waals surface area (Å²) in [6.07, 6.45) is 1.42. The molecule has 0 amide bonds. The molecular formula is C17H12ClF3N4O. The van der Waals surface area contributed by atoms with Crippen LogP contribution in [0.1, 0.15) is 0 Å². The van der Waals surface area contributed by atoms with Crippen LogP contribution in [-0.2, 0) is 0 Å². The smallest absolute Gasteiger partial charge is 0.229 e. The van der Waals surface area contributed by atoms with Crippen molar-refractivity contribution in [2.45, 2.75) is 0 Å². The zero-order chi connectivity index (χ0) is 18.7. The topological polar surface area (TPSA) is 59.1 Å². The second-order valence-corrected chi connectivity index (χ2v) is 5.49. The number of ether oxygens (including phenoxy) is 1. The maximum absolute atomic E-state index is 13.7. The summed E-state index contributed by atoms with van der Waals surface area (Å²) >= 11 is 6.06. The fraction of sp³-hybridized carbons (Fsp3) is 0.0588. The number of hydrogen-bond donors (Lipinski definition) is 2. The van der Waals surface area contributed by atoms with Crippen LogP contribution in [0.3, 0.4) is 0 Å². The summed E-state index contributed by atoms with van der Waals surface area (Å²) in [5.74, 6) is -3.30. The van der Waals surface area contributed by atoms with E-state index in [1.807, 2.05) is 0 Å². The SMILES string of the molecule is COc1ccc(Nc2ccnc(Nc3ccc(F)c(F)c3F)n2)cc1Cl. The van der Waals surface area contributed by atoms with Crippen LogP contribution >= 0.6 is 11.6 Å². The van der Waals surface area contributed by atoms with E-state index < -0.39 is 17.5 Å². The molecule has 9 heteroatoms. The summed E-state index contributed by atoms with van der Waals surface area (Å²) in [5.41, 5.74) is 0.355. The first-order valence-electron chi connectivity index (χ1n) is 7.32. The largest absolute Gasteiger partial charge is 0.495 e. The number of nitrogens with zero attached hydrogens (tertiary/aromatic N) is 2. The van der Waals surface area contributed by atoms with Crippen LogP contribution in [0.5, 0.6) is 5.75 Å². The number of nitrogens with one attached hydrogen (secondary N) is 2. The fourth-order valence-electron chi connectivity index (χ4n) is 2.12. The van der Waals surface area contributed by atoms with Crippen LogP contribution in [0.2, 0.25) is 5.02 Å². The Labute approximate surface area is 151 Å². The Bertz CT molecular complexity index is 955. The molecule has 1 heterocycles. The number of benzene rings is 2. The Morgan fingerprint density at radius 2 is 1.81 bits per heavy atom. The summed E-state index contributed by atoms with van der Waals surface area (Å²) in [6, 6.07) is 8.49. The first-order chi connectivity index (χ1) is 12.5. The molecule has 2 N–H and O–H groups in total. The van der Waals surface area contributed by atoms with Crippen LogP contribution in [0.25, 0.3) is 0 Å². The lowest BCUT2D eigenvalue weighted by Crippen LogP contribution is -2.03. The molecule has 2 aromatic carbocycles. The van der Waals surface area contributed by atoms with Gasteiger partial charge in [0, 0.05) is 11.9 Å². The predicted molar refractivity (Wildman–Crippen MR) is 92.9 cm³/mol. The third-order valence-corrected chi connectivity index (χ3v) is 3.66. The highest BCUT2D eigenvalue weighted by Gasteiger charge is 2.14. The summed E-state index contributed by atoms with van der Waals surface area (Å²) in [4.78, 5) is 8.06. The minimum atomic E-state index is -1.57. The third-order valence-electron chi connectivity index (χ3n) is 3.36. The highest BCUT2D eigenvalue weighted by atomic mass is 35.5. The Balaban J connectivity index is 1.80. The molecule has 26 heavy (non-hydrogen) atoms. The van der Waals surface area contributed by atoms with Crippen LogP contribution in [0, 0.1) is 17.5 Å². The fourth-order valence-corrected chi connectivity index (χ4v) is 2.38. The Kier molecular flexibility index (Phi) is 5.13. The van der Waals surface area contributed by atoms with Crippen molar-refractivity contribution in [3.63, 3.8) is 0 Å². The van der Waals surface area contributed by atoms with Gasteiger partial charge in [-0.3, -0.25) is 0 Å².